The Morgan fingerprint density at radius 1 is 0.844 bits per heavy atom. The van der Waals surface area contributed by atoms with Crippen LogP contribution >= 0.6 is 0 Å². The fourth-order valence-electron chi connectivity index (χ4n) is 4.01. The quantitative estimate of drug-likeness (QED) is 0.349. The summed E-state index contributed by atoms with van der Waals surface area (Å²) in [7, 11) is -2.03. The molecule has 0 amide bonds. The Morgan fingerprint density at radius 3 is 1.91 bits per heavy atom. The van der Waals surface area contributed by atoms with Crippen LogP contribution in [0.5, 0.6) is 0 Å². The Morgan fingerprint density at radius 2 is 1.38 bits per heavy atom. The van der Waals surface area contributed by atoms with Gasteiger partial charge in [-0.15, -0.1) is 0 Å². The van der Waals surface area contributed by atoms with E-state index in [9.17, 15) is 5.26 Å². The van der Waals surface area contributed by atoms with Crippen LogP contribution in [0, 0.1) is 18.3 Å². The van der Waals surface area contributed by atoms with Crippen LogP contribution in [0.1, 0.15) is 29.2 Å². The maximum Gasteiger partial charge on any atom is 0.184 e. The van der Waals surface area contributed by atoms with Crippen molar-refractivity contribution in [1.29, 1.82) is 5.26 Å². The number of benzene rings is 3. The number of nitrogens with zero attached hydrogens (tertiary/aromatic N) is 1. The van der Waals surface area contributed by atoms with Gasteiger partial charge in [0, 0.05) is 0 Å². The van der Waals surface area contributed by atoms with E-state index in [1.54, 1.807) is 0 Å². The summed E-state index contributed by atoms with van der Waals surface area (Å²) in [4.78, 5) is 0. The Hall–Kier alpha value is -2.71. The molecule has 0 aliphatic carbocycles. The molecule has 3 aromatic rings. The van der Waals surface area contributed by atoms with Gasteiger partial charge in [-0.3, -0.25) is 0 Å². The molecule has 3 atom stereocenters. The van der Waals surface area contributed by atoms with E-state index in [2.05, 4.69) is 69.0 Å². The van der Waals surface area contributed by atoms with Crippen LogP contribution in [0.2, 0.25) is 19.6 Å². The van der Waals surface area contributed by atoms with E-state index in [4.69, 9.17) is 9.16 Å². The largest absolute Gasteiger partial charge is 0.410 e. The minimum absolute atomic E-state index is 0.303. The molecule has 0 heterocycles. The molecule has 0 bridgehead atoms. The van der Waals surface area contributed by atoms with Crippen LogP contribution in [0.4, 0.5) is 0 Å². The average Bonchev–Trinajstić information content (AvgIpc) is 2.79. The highest BCUT2D eigenvalue weighted by Crippen LogP contribution is 2.40. The van der Waals surface area contributed by atoms with Gasteiger partial charge in [0.1, 0.15) is 5.41 Å². The van der Waals surface area contributed by atoms with Crippen LogP contribution in [0.25, 0.3) is 0 Å². The van der Waals surface area contributed by atoms with E-state index >= 15 is 0 Å². The first-order valence-corrected chi connectivity index (χ1v) is 14.5. The third-order valence-corrected chi connectivity index (χ3v) is 6.56. The second kappa shape index (κ2) is 10.3. The van der Waals surface area contributed by atoms with Crippen molar-refractivity contribution in [2.45, 2.75) is 57.7 Å². The van der Waals surface area contributed by atoms with Crippen molar-refractivity contribution in [1.82, 2.24) is 0 Å². The van der Waals surface area contributed by atoms with Crippen LogP contribution in [0.15, 0.2) is 84.9 Å². The van der Waals surface area contributed by atoms with E-state index in [-0.39, 0.29) is 6.10 Å². The number of ether oxygens (including phenoxy) is 1. The molecule has 1 unspecified atom stereocenters. The zero-order valence-corrected chi connectivity index (χ0v) is 20.7. The highest BCUT2D eigenvalue weighted by atomic mass is 28.4. The molecule has 0 aliphatic heterocycles. The van der Waals surface area contributed by atoms with Gasteiger partial charge in [-0.05, 0) is 50.2 Å². The van der Waals surface area contributed by atoms with Gasteiger partial charge in [0.2, 0.25) is 0 Å². The Balaban J connectivity index is 2.10. The molecule has 3 rings (SSSR count). The Labute approximate surface area is 193 Å². The molecule has 0 fully saturated rings. The summed E-state index contributed by atoms with van der Waals surface area (Å²) in [6, 6.07) is 31.0. The smallest absolute Gasteiger partial charge is 0.184 e. The number of aryl methyl sites for hydroxylation is 1. The molecule has 0 aliphatic rings. The highest BCUT2D eigenvalue weighted by molar-refractivity contribution is 6.69. The third-order valence-electron chi connectivity index (χ3n) is 5.60. The zero-order valence-electron chi connectivity index (χ0n) is 19.7. The number of rotatable bonds is 9. The number of nitriles is 1. The number of hydrogen-bond acceptors (Lipinski definition) is 3. The lowest BCUT2D eigenvalue weighted by Gasteiger charge is -2.42. The zero-order chi connectivity index (χ0) is 23.2. The molecule has 0 aromatic heterocycles. The molecule has 0 spiro atoms. The Bertz CT molecular complexity index is 1020. The molecule has 0 radical (unpaired) electrons. The van der Waals surface area contributed by atoms with Crippen molar-refractivity contribution in [2.24, 2.45) is 0 Å². The molecule has 0 saturated carbocycles. The van der Waals surface area contributed by atoms with Crippen molar-refractivity contribution < 1.29 is 9.16 Å². The summed E-state index contributed by atoms with van der Waals surface area (Å²) in [5.41, 5.74) is 3.11. The third kappa shape index (κ3) is 5.55. The second-order valence-electron chi connectivity index (χ2n) is 9.30. The molecular formula is C28H33NO2Si. The molecule has 166 valence electrons. The van der Waals surface area contributed by atoms with Crippen molar-refractivity contribution >= 4 is 8.32 Å². The van der Waals surface area contributed by atoms with Crippen LogP contribution in [-0.2, 0) is 21.2 Å². The van der Waals surface area contributed by atoms with E-state index in [0.717, 1.165) is 22.3 Å². The normalized spacial score (nSPS) is 15.4. The number of hydrogen-bond donors (Lipinski definition) is 0. The summed E-state index contributed by atoms with van der Waals surface area (Å²) in [5.74, 6) is 0. The van der Waals surface area contributed by atoms with Gasteiger partial charge in [-0.25, -0.2) is 0 Å². The summed E-state index contributed by atoms with van der Waals surface area (Å²) >= 11 is 0. The maximum atomic E-state index is 10.8. The fraction of sp³-hybridized carbons (Fsp3) is 0.321. The van der Waals surface area contributed by atoms with Gasteiger partial charge < -0.3 is 9.16 Å². The lowest BCUT2D eigenvalue weighted by atomic mass is 9.70. The lowest BCUT2D eigenvalue weighted by Crippen LogP contribution is -2.52. The average molecular weight is 444 g/mol. The minimum Gasteiger partial charge on any atom is -0.410 e. The van der Waals surface area contributed by atoms with Gasteiger partial charge >= 0.3 is 0 Å². The molecule has 3 aromatic carbocycles. The first-order valence-electron chi connectivity index (χ1n) is 11.1. The lowest BCUT2D eigenvalue weighted by molar-refractivity contribution is -0.0436. The van der Waals surface area contributed by atoms with Crippen molar-refractivity contribution in [3.63, 3.8) is 0 Å². The highest BCUT2D eigenvalue weighted by Gasteiger charge is 2.48. The summed E-state index contributed by atoms with van der Waals surface area (Å²) in [6.07, 6.45) is -0.768. The summed E-state index contributed by atoms with van der Waals surface area (Å²) in [5, 5.41) is 10.8. The molecule has 4 heteroatoms. The standard InChI is InChI=1S/C28H33NO2Si/c1-22-16-18-26(19-17-22)28(21-29,25-14-10-7-11-15-25)27(31-32(3,4)5)23(2)30-20-24-12-8-6-9-13-24/h6-19,23,27H,20H2,1-5H3/t23-,27+,28?/m0/s1. The molecule has 3 nitrogen and oxygen atoms in total. The van der Waals surface area contributed by atoms with Crippen molar-refractivity contribution in [2.75, 3.05) is 0 Å². The Kier molecular flexibility index (Phi) is 7.68. The predicted molar refractivity (Wildman–Crippen MR) is 133 cm³/mol. The van der Waals surface area contributed by atoms with Crippen LogP contribution in [-0.4, -0.2) is 20.5 Å². The predicted octanol–water partition coefficient (Wildman–Crippen LogP) is 6.63. The summed E-state index contributed by atoms with van der Waals surface area (Å²) in [6.45, 7) is 11.0. The fourth-order valence-corrected chi connectivity index (χ4v) is 5.14. The van der Waals surface area contributed by atoms with Crippen LogP contribution in [0.3, 0.4) is 0 Å². The summed E-state index contributed by atoms with van der Waals surface area (Å²) < 4.78 is 13.1. The van der Waals surface area contributed by atoms with Gasteiger partial charge in [0.15, 0.2) is 8.32 Å². The van der Waals surface area contributed by atoms with E-state index < -0.39 is 19.8 Å². The molecular weight excluding hydrogens is 410 g/mol. The van der Waals surface area contributed by atoms with Crippen molar-refractivity contribution in [3.8, 4) is 6.07 Å². The minimum atomic E-state index is -2.03. The second-order valence-corrected chi connectivity index (χ2v) is 13.8. The SMILES string of the molecule is Cc1ccc(C(C#N)(c2ccccc2)[C@H](O[Si](C)(C)C)[C@H](C)OCc2ccccc2)cc1. The maximum absolute atomic E-state index is 10.8. The molecule has 32 heavy (non-hydrogen) atoms. The van der Waals surface area contributed by atoms with Gasteiger partial charge in [0.25, 0.3) is 0 Å². The van der Waals surface area contributed by atoms with Crippen molar-refractivity contribution in [3.05, 3.63) is 107 Å². The van der Waals surface area contributed by atoms with Gasteiger partial charge in [-0.1, -0.05) is 90.5 Å². The topological polar surface area (TPSA) is 42.2 Å². The van der Waals surface area contributed by atoms with Gasteiger partial charge in [-0.2, -0.15) is 5.26 Å². The molecule has 0 N–H and O–H groups in total. The monoisotopic (exact) mass is 443 g/mol. The van der Waals surface area contributed by atoms with E-state index in [1.165, 1.54) is 0 Å². The van der Waals surface area contributed by atoms with Gasteiger partial charge in [0.05, 0.1) is 24.9 Å². The van der Waals surface area contributed by atoms with Crippen LogP contribution < -0.4 is 0 Å². The first kappa shape index (κ1) is 23.9. The molecule has 0 saturated heterocycles. The van der Waals surface area contributed by atoms with E-state index in [1.807, 2.05) is 55.5 Å². The van der Waals surface area contributed by atoms with E-state index in [0.29, 0.717) is 6.61 Å². The first-order chi connectivity index (χ1) is 15.3.